The van der Waals surface area contributed by atoms with Gasteiger partial charge in [0, 0.05) is 33.4 Å². The number of hydrogen-bond acceptors (Lipinski definition) is 3. The van der Waals surface area contributed by atoms with Crippen LogP contribution < -0.4 is 5.32 Å². The summed E-state index contributed by atoms with van der Waals surface area (Å²) >= 11 is 5.91. The molecule has 0 unspecified atom stereocenters. The van der Waals surface area contributed by atoms with Crippen LogP contribution in [0.2, 0.25) is 5.02 Å². The van der Waals surface area contributed by atoms with Crippen molar-refractivity contribution in [1.29, 1.82) is 10.5 Å². The van der Waals surface area contributed by atoms with Gasteiger partial charge in [0.1, 0.15) is 18.2 Å². The summed E-state index contributed by atoms with van der Waals surface area (Å²) < 4.78 is 1.78. The van der Waals surface area contributed by atoms with Gasteiger partial charge >= 0.3 is 0 Å². The molecule has 0 bridgehead atoms. The molecule has 0 aliphatic heterocycles. The predicted molar refractivity (Wildman–Crippen MR) is 101 cm³/mol. The number of aromatic nitrogens is 1. The molecule has 0 atom stereocenters. The molecular weight excluding hydrogens is 348 g/mol. The van der Waals surface area contributed by atoms with E-state index in [1.807, 2.05) is 30.3 Å². The molecular formula is C20H13ClN4O. The number of anilines is 1. The fraction of sp³-hybridized carbons (Fsp3) is 0.0500. The number of carbonyl (C=O) groups is 1. The molecule has 1 aromatic heterocycles. The molecule has 3 aromatic rings. The van der Waals surface area contributed by atoms with Gasteiger partial charge in [0.25, 0.3) is 5.91 Å². The third kappa shape index (κ3) is 3.59. The van der Waals surface area contributed by atoms with Crippen molar-refractivity contribution in [3.8, 4) is 12.1 Å². The molecule has 26 heavy (non-hydrogen) atoms. The largest absolute Gasteiger partial charge is 0.333 e. The second-order valence-corrected chi connectivity index (χ2v) is 5.96. The number of halogens is 1. The van der Waals surface area contributed by atoms with Gasteiger partial charge in [-0.25, -0.2) is 0 Å². The van der Waals surface area contributed by atoms with E-state index in [9.17, 15) is 10.1 Å². The number of para-hydroxylation sites is 1. The van der Waals surface area contributed by atoms with Gasteiger partial charge in [-0.05, 0) is 30.3 Å². The monoisotopic (exact) mass is 360 g/mol. The highest BCUT2D eigenvalue weighted by atomic mass is 35.5. The smallest absolute Gasteiger partial charge is 0.266 e. The van der Waals surface area contributed by atoms with E-state index < -0.39 is 5.91 Å². The normalized spacial score (nSPS) is 11.0. The Kier molecular flexibility index (Phi) is 5.03. The Hall–Kier alpha value is -3.54. The second-order valence-electron chi connectivity index (χ2n) is 5.52. The molecule has 126 valence electrons. The van der Waals surface area contributed by atoms with Gasteiger partial charge < -0.3 is 9.88 Å². The standard InChI is InChI=1S/C20H13ClN4O/c21-16-4-3-5-17(11-16)24-20(26)14(12-23)10-15-13-25(9-8-22)19-7-2-1-6-18(15)19/h1-7,10-11,13H,9H2,(H,24,26). The van der Waals surface area contributed by atoms with Crippen LogP contribution in [-0.2, 0) is 11.3 Å². The molecule has 1 amide bonds. The van der Waals surface area contributed by atoms with Crippen molar-refractivity contribution < 1.29 is 4.79 Å². The number of fused-ring (bicyclic) bond motifs is 1. The molecule has 5 nitrogen and oxygen atoms in total. The van der Waals surface area contributed by atoms with Crippen molar-refractivity contribution in [3.05, 3.63) is 70.9 Å². The maximum atomic E-state index is 12.4. The van der Waals surface area contributed by atoms with E-state index in [4.69, 9.17) is 16.9 Å². The SMILES string of the molecule is N#CCn1cc(C=C(C#N)C(=O)Nc2cccc(Cl)c2)c2ccccc21. The van der Waals surface area contributed by atoms with Gasteiger partial charge in [0.05, 0.1) is 6.07 Å². The van der Waals surface area contributed by atoms with E-state index in [-0.39, 0.29) is 12.1 Å². The molecule has 6 heteroatoms. The molecule has 0 radical (unpaired) electrons. The Morgan fingerprint density at radius 1 is 1.19 bits per heavy atom. The molecule has 0 saturated carbocycles. The maximum absolute atomic E-state index is 12.4. The van der Waals surface area contributed by atoms with Gasteiger partial charge in [0.2, 0.25) is 0 Å². The van der Waals surface area contributed by atoms with Crippen molar-refractivity contribution in [2.45, 2.75) is 6.54 Å². The molecule has 0 aliphatic rings. The van der Waals surface area contributed by atoms with E-state index in [1.165, 1.54) is 6.08 Å². The number of hydrogen-bond donors (Lipinski definition) is 1. The number of amides is 1. The minimum Gasteiger partial charge on any atom is -0.333 e. The first-order valence-electron chi connectivity index (χ1n) is 7.76. The summed E-state index contributed by atoms with van der Waals surface area (Å²) in [5.41, 5.74) is 2.04. The number of nitrogens with zero attached hydrogens (tertiary/aromatic N) is 3. The molecule has 0 spiro atoms. The molecule has 3 rings (SSSR count). The summed E-state index contributed by atoms with van der Waals surface area (Å²) in [6, 6.07) is 18.3. The molecule has 0 saturated heterocycles. The first-order valence-corrected chi connectivity index (χ1v) is 8.13. The van der Waals surface area contributed by atoms with E-state index >= 15 is 0 Å². The number of carbonyl (C=O) groups excluding carboxylic acids is 1. The van der Waals surface area contributed by atoms with Gasteiger partial charge in [0.15, 0.2) is 0 Å². The predicted octanol–water partition coefficient (Wildman–Crippen LogP) is 4.36. The lowest BCUT2D eigenvalue weighted by Crippen LogP contribution is -2.13. The lowest BCUT2D eigenvalue weighted by molar-refractivity contribution is -0.112. The van der Waals surface area contributed by atoms with E-state index in [1.54, 1.807) is 35.0 Å². The van der Waals surface area contributed by atoms with Gasteiger partial charge in [-0.3, -0.25) is 4.79 Å². The molecule has 1 heterocycles. The highest BCUT2D eigenvalue weighted by Crippen LogP contribution is 2.24. The number of nitriles is 2. The average molecular weight is 361 g/mol. The first-order chi connectivity index (χ1) is 12.6. The highest BCUT2D eigenvalue weighted by molar-refractivity contribution is 6.31. The van der Waals surface area contributed by atoms with Crippen LogP contribution in [0.15, 0.2) is 60.3 Å². The zero-order chi connectivity index (χ0) is 18.5. The third-order valence-electron chi connectivity index (χ3n) is 3.81. The van der Waals surface area contributed by atoms with Crippen LogP contribution in [0.4, 0.5) is 5.69 Å². The van der Waals surface area contributed by atoms with Crippen molar-refractivity contribution in [2.75, 3.05) is 5.32 Å². The van der Waals surface area contributed by atoms with Crippen LogP contribution in [-0.4, -0.2) is 10.5 Å². The molecule has 2 aromatic carbocycles. The van der Waals surface area contributed by atoms with Crippen LogP contribution >= 0.6 is 11.6 Å². The quantitative estimate of drug-likeness (QED) is 0.554. The summed E-state index contributed by atoms with van der Waals surface area (Å²) in [5, 5.41) is 22.4. The highest BCUT2D eigenvalue weighted by Gasteiger charge is 2.13. The number of nitrogens with one attached hydrogen (secondary N) is 1. The van der Waals surface area contributed by atoms with Crippen molar-refractivity contribution in [3.63, 3.8) is 0 Å². The summed E-state index contributed by atoms with van der Waals surface area (Å²) in [6.45, 7) is 0.185. The fourth-order valence-electron chi connectivity index (χ4n) is 2.67. The average Bonchev–Trinajstić information content (AvgIpc) is 2.98. The van der Waals surface area contributed by atoms with Crippen LogP contribution in [0.25, 0.3) is 17.0 Å². The van der Waals surface area contributed by atoms with E-state index in [0.717, 1.165) is 10.9 Å². The van der Waals surface area contributed by atoms with E-state index in [0.29, 0.717) is 16.3 Å². The Morgan fingerprint density at radius 2 is 2.00 bits per heavy atom. The van der Waals surface area contributed by atoms with E-state index in [2.05, 4.69) is 11.4 Å². The van der Waals surface area contributed by atoms with Gasteiger partial charge in [-0.15, -0.1) is 0 Å². The minimum atomic E-state index is -0.521. The fourth-order valence-corrected chi connectivity index (χ4v) is 2.86. The molecule has 1 N–H and O–H groups in total. The minimum absolute atomic E-state index is 0.0372. The lowest BCUT2D eigenvalue weighted by Gasteiger charge is -2.04. The summed E-state index contributed by atoms with van der Waals surface area (Å²) in [4.78, 5) is 12.4. The first kappa shape index (κ1) is 17.3. The second kappa shape index (κ2) is 7.57. The zero-order valence-electron chi connectivity index (χ0n) is 13.6. The van der Waals surface area contributed by atoms with Crippen molar-refractivity contribution in [1.82, 2.24) is 4.57 Å². The molecule has 0 fully saturated rings. The maximum Gasteiger partial charge on any atom is 0.266 e. The Labute approximate surface area is 155 Å². The van der Waals surface area contributed by atoms with Crippen LogP contribution in [0, 0.1) is 22.7 Å². The van der Waals surface area contributed by atoms with Crippen LogP contribution in [0.1, 0.15) is 5.56 Å². The Morgan fingerprint density at radius 3 is 2.73 bits per heavy atom. The number of rotatable bonds is 4. The topological polar surface area (TPSA) is 81.6 Å². The lowest BCUT2D eigenvalue weighted by atomic mass is 10.1. The van der Waals surface area contributed by atoms with Crippen molar-refractivity contribution >= 4 is 40.2 Å². The van der Waals surface area contributed by atoms with Crippen LogP contribution in [0.3, 0.4) is 0 Å². The Bertz CT molecular complexity index is 1100. The number of benzene rings is 2. The van der Waals surface area contributed by atoms with Crippen LogP contribution in [0.5, 0.6) is 0 Å². The molecule has 0 aliphatic carbocycles. The summed E-state index contributed by atoms with van der Waals surface area (Å²) in [5.74, 6) is -0.521. The third-order valence-corrected chi connectivity index (χ3v) is 4.04. The van der Waals surface area contributed by atoms with Gasteiger partial charge in [-0.1, -0.05) is 35.9 Å². The van der Waals surface area contributed by atoms with Crippen molar-refractivity contribution in [2.24, 2.45) is 0 Å². The van der Waals surface area contributed by atoms with Gasteiger partial charge in [-0.2, -0.15) is 10.5 Å². The zero-order valence-corrected chi connectivity index (χ0v) is 14.4. The Balaban J connectivity index is 1.97. The summed E-state index contributed by atoms with van der Waals surface area (Å²) in [6.07, 6.45) is 3.29. The summed E-state index contributed by atoms with van der Waals surface area (Å²) in [7, 11) is 0.